The van der Waals surface area contributed by atoms with Crippen molar-refractivity contribution in [1.29, 1.82) is 0 Å². The highest BCUT2D eigenvalue weighted by atomic mass is 32.1. The van der Waals surface area contributed by atoms with Crippen LogP contribution in [0.2, 0.25) is 0 Å². The Labute approximate surface area is 172 Å². The van der Waals surface area contributed by atoms with Crippen LogP contribution in [0, 0.1) is 0 Å². The van der Waals surface area contributed by atoms with E-state index in [0.717, 1.165) is 55.0 Å². The quantitative estimate of drug-likeness (QED) is 0.749. The number of nitrogens with zero attached hydrogens (tertiary/aromatic N) is 2. The average molecular weight is 398 g/mol. The van der Waals surface area contributed by atoms with E-state index in [9.17, 15) is 0 Å². The molecule has 0 unspecified atom stereocenters. The maximum absolute atomic E-state index is 5.61. The number of ether oxygens (including phenoxy) is 2. The maximum Gasteiger partial charge on any atom is 0.173 e. The normalized spacial score (nSPS) is 14.9. The van der Waals surface area contributed by atoms with Crippen molar-refractivity contribution in [3.05, 3.63) is 60.2 Å². The number of thiocarbonyl (C=S) groups is 1. The first-order valence-corrected chi connectivity index (χ1v) is 9.81. The van der Waals surface area contributed by atoms with Gasteiger partial charge in [-0.05, 0) is 17.8 Å². The molecule has 6 heteroatoms. The lowest BCUT2D eigenvalue weighted by Crippen LogP contribution is -2.49. The van der Waals surface area contributed by atoms with Crippen molar-refractivity contribution in [2.75, 3.05) is 52.3 Å². The second kappa shape index (κ2) is 10.1. The molecule has 2 aromatic rings. The number of rotatable bonds is 6. The molecular weight excluding hydrogens is 370 g/mol. The van der Waals surface area contributed by atoms with E-state index < -0.39 is 0 Å². The number of piperazine rings is 1. The third-order valence-corrected chi connectivity index (χ3v) is 5.10. The zero-order valence-electron chi connectivity index (χ0n) is 16.4. The van der Waals surface area contributed by atoms with Gasteiger partial charge >= 0.3 is 0 Å². The topological polar surface area (TPSA) is 37.0 Å². The van der Waals surface area contributed by atoms with Crippen LogP contribution in [0.25, 0.3) is 6.08 Å². The summed E-state index contributed by atoms with van der Waals surface area (Å²) < 4.78 is 10.6. The molecule has 0 aliphatic carbocycles. The molecule has 2 aromatic carbocycles. The van der Waals surface area contributed by atoms with Gasteiger partial charge in [0.05, 0.1) is 14.2 Å². The minimum atomic E-state index is 0.731. The number of hydrogen-bond acceptors (Lipinski definition) is 4. The van der Waals surface area contributed by atoms with Crippen molar-refractivity contribution in [1.82, 2.24) is 9.80 Å². The number of anilines is 1. The van der Waals surface area contributed by atoms with Gasteiger partial charge in [-0.3, -0.25) is 4.90 Å². The third-order valence-electron chi connectivity index (χ3n) is 4.74. The summed E-state index contributed by atoms with van der Waals surface area (Å²) in [6.45, 7) is 4.75. The fourth-order valence-corrected chi connectivity index (χ4v) is 3.42. The molecule has 1 aliphatic heterocycles. The molecule has 0 bridgehead atoms. The highest BCUT2D eigenvalue weighted by Crippen LogP contribution is 2.26. The Morgan fingerprint density at radius 2 is 1.64 bits per heavy atom. The van der Waals surface area contributed by atoms with Crippen LogP contribution in [0.4, 0.5) is 5.69 Å². The van der Waals surface area contributed by atoms with Gasteiger partial charge in [-0.2, -0.15) is 0 Å². The molecule has 3 rings (SSSR count). The molecular formula is C22H27N3O2S. The monoisotopic (exact) mass is 397 g/mol. The second-order valence-electron chi connectivity index (χ2n) is 6.63. The van der Waals surface area contributed by atoms with Crippen LogP contribution in [0.1, 0.15) is 5.56 Å². The lowest BCUT2D eigenvalue weighted by Gasteiger charge is -2.35. The molecule has 1 aliphatic rings. The molecule has 5 nitrogen and oxygen atoms in total. The number of benzene rings is 2. The summed E-state index contributed by atoms with van der Waals surface area (Å²) in [5, 5.41) is 4.04. The molecule has 28 heavy (non-hydrogen) atoms. The van der Waals surface area contributed by atoms with Crippen LogP contribution in [-0.2, 0) is 0 Å². The number of hydrogen-bond donors (Lipinski definition) is 1. The van der Waals surface area contributed by atoms with E-state index in [1.807, 2.05) is 24.3 Å². The summed E-state index contributed by atoms with van der Waals surface area (Å²) in [5.41, 5.74) is 2.11. The second-order valence-corrected chi connectivity index (χ2v) is 7.02. The number of nitrogens with one attached hydrogen (secondary N) is 1. The molecule has 1 N–H and O–H groups in total. The standard InChI is InChI=1S/C22H27N3O2S/c1-26-20-15-19(16-21(17-20)27-2)23-22(28)25-13-11-24(12-14-25)10-6-9-18-7-4-3-5-8-18/h3-9,15-17H,10-14H2,1-2H3,(H,23,28)/b9-6-. The van der Waals surface area contributed by atoms with Gasteiger partial charge in [0.1, 0.15) is 11.5 Å². The first kappa shape index (κ1) is 20.2. The molecule has 1 saturated heterocycles. The third kappa shape index (κ3) is 5.71. The van der Waals surface area contributed by atoms with Crippen LogP contribution in [0.5, 0.6) is 11.5 Å². The zero-order valence-corrected chi connectivity index (χ0v) is 17.2. The summed E-state index contributed by atoms with van der Waals surface area (Å²) in [6.07, 6.45) is 4.40. The van der Waals surface area contributed by atoms with Crippen LogP contribution >= 0.6 is 12.2 Å². The first-order valence-electron chi connectivity index (χ1n) is 9.41. The molecule has 148 valence electrons. The summed E-state index contributed by atoms with van der Waals surface area (Å²) in [5.74, 6) is 1.47. The average Bonchev–Trinajstić information content (AvgIpc) is 2.74. The van der Waals surface area contributed by atoms with E-state index in [-0.39, 0.29) is 0 Å². The van der Waals surface area contributed by atoms with Gasteiger partial charge in [0.25, 0.3) is 0 Å². The Morgan fingerprint density at radius 3 is 2.25 bits per heavy atom. The van der Waals surface area contributed by atoms with Gasteiger partial charge in [0.15, 0.2) is 5.11 Å². The van der Waals surface area contributed by atoms with Crippen LogP contribution in [0.3, 0.4) is 0 Å². The van der Waals surface area contributed by atoms with E-state index in [1.165, 1.54) is 5.56 Å². The highest BCUT2D eigenvalue weighted by molar-refractivity contribution is 7.80. The summed E-state index contributed by atoms with van der Waals surface area (Å²) in [4.78, 5) is 4.64. The minimum absolute atomic E-state index is 0.731. The minimum Gasteiger partial charge on any atom is -0.497 e. The molecule has 1 fully saturated rings. The van der Waals surface area contributed by atoms with Crippen molar-refractivity contribution in [2.24, 2.45) is 0 Å². The lowest BCUT2D eigenvalue weighted by atomic mass is 10.2. The van der Waals surface area contributed by atoms with E-state index in [4.69, 9.17) is 21.7 Å². The van der Waals surface area contributed by atoms with Gasteiger partial charge in [-0.25, -0.2) is 0 Å². The molecule has 0 amide bonds. The van der Waals surface area contributed by atoms with E-state index >= 15 is 0 Å². The summed E-state index contributed by atoms with van der Waals surface area (Å²) in [7, 11) is 3.28. The molecule has 0 atom stereocenters. The summed E-state index contributed by atoms with van der Waals surface area (Å²) in [6, 6.07) is 16.1. The van der Waals surface area contributed by atoms with E-state index in [0.29, 0.717) is 0 Å². The van der Waals surface area contributed by atoms with Crippen molar-refractivity contribution in [3.63, 3.8) is 0 Å². The predicted octanol–water partition coefficient (Wildman–Crippen LogP) is 3.73. The summed E-state index contributed by atoms with van der Waals surface area (Å²) >= 11 is 5.61. The van der Waals surface area contributed by atoms with E-state index in [1.54, 1.807) is 14.2 Å². The first-order chi connectivity index (χ1) is 13.7. The lowest BCUT2D eigenvalue weighted by molar-refractivity contribution is 0.200. The van der Waals surface area contributed by atoms with Gasteiger partial charge in [-0.1, -0.05) is 42.5 Å². The number of methoxy groups -OCH3 is 2. The molecule has 0 radical (unpaired) electrons. The van der Waals surface area contributed by atoms with E-state index in [2.05, 4.69) is 51.5 Å². The van der Waals surface area contributed by atoms with Crippen molar-refractivity contribution in [2.45, 2.75) is 0 Å². The fraction of sp³-hybridized carbons (Fsp3) is 0.318. The SMILES string of the molecule is COc1cc(NC(=S)N2CCN(C/C=C\c3ccccc3)CC2)cc(OC)c1. The molecule has 0 aromatic heterocycles. The van der Waals surface area contributed by atoms with Crippen molar-refractivity contribution < 1.29 is 9.47 Å². The van der Waals surface area contributed by atoms with Gasteiger partial charge in [0.2, 0.25) is 0 Å². The Hall–Kier alpha value is -2.57. The van der Waals surface area contributed by atoms with Gasteiger partial charge < -0.3 is 19.7 Å². The van der Waals surface area contributed by atoms with Gasteiger partial charge in [0, 0.05) is 56.6 Å². The Balaban J connectivity index is 1.48. The Bertz CT molecular complexity index is 780. The predicted molar refractivity (Wildman–Crippen MR) is 119 cm³/mol. The highest BCUT2D eigenvalue weighted by Gasteiger charge is 2.18. The largest absolute Gasteiger partial charge is 0.497 e. The van der Waals surface area contributed by atoms with Gasteiger partial charge in [-0.15, -0.1) is 0 Å². The van der Waals surface area contributed by atoms with Crippen LogP contribution < -0.4 is 14.8 Å². The molecule has 0 spiro atoms. The molecule has 0 saturated carbocycles. The van der Waals surface area contributed by atoms with Crippen molar-refractivity contribution in [3.8, 4) is 11.5 Å². The van der Waals surface area contributed by atoms with Crippen molar-refractivity contribution >= 4 is 29.1 Å². The fourth-order valence-electron chi connectivity index (χ4n) is 3.12. The smallest absolute Gasteiger partial charge is 0.173 e. The Kier molecular flexibility index (Phi) is 7.28. The maximum atomic E-state index is 5.61. The van der Waals surface area contributed by atoms with Crippen LogP contribution in [-0.4, -0.2) is 61.9 Å². The molecule has 1 heterocycles. The Morgan fingerprint density at radius 1 is 1.00 bits per heavy atom. The zero-order chi connectivity index (χ0) is 19.8. The van der Waals surface area contributed by atoms with Crippen LogP contribution in [0.15, 0.2) is 54.6 Å².